The van der Waals surface area contributed by atoms with Crippen molar-refractivity contribution in [3.8, 4) is 0 Å². The van der Waals surface area contributed by atoms with Crippen molar-refractivity contribution >= 4 is 34.4 Å². The Hall–Kier alpha value is -3.07. The molecule has 3 aromatic rings. The van der Waals surface area contributed by atoms with Crippen molar-refractivity contribution < 1.29 is 4.79 Å². The van der Waals surface area contributed by atoms with E-state index in [1.54, 1.807) is 24.2 Å². The molecule has 2 aliphatic rings. The van der Waals surface area contributed by atoms with Gasteiger partial charge in [0.25, 0.3) is 5.91 Å². The minimum Gasteiger partial charge on any atom is -0.366 e. The Kier molecular flexibility index (Phi) is 6.41. The average Bonchev–Trinajstić information content (AvgIpc) is 3.52. The zero-order chi connectivity index (χ0) is 21.8. The van der Waals surface area contributed by atoms with Gasteiger partial charge in [0, 0.05) is 54.1 Å². The fourth-order valence-corrected chi connectivity index (χ4v) is 5.02. The fraction of sp³-hybridized carbons (Fsp3) is 0.364. The van der Waals surface area contributed by atoms with Gasteiger partial charge in [0.15, 0.2) is 0 Å². The Morgan fingerprint density at radius 2 is 2.03 bits per heavy atom. The molecule has 0 radical (unpaired) electrons. The molecule has 8 nitrogen and oxygen atoms in total. The summed E-state index contributed by atoms with van der Waals surface area (Å²) in [6.45, 7) is 4.37. The highest BCUT2D eigenvalue weighted by molar-refractivity contribution is 8.00. The van der Waals surface area contributed by atoms with E-state index in [0.717, 1.165) is 34.7 Å². The molecular formula is C22H27N7OS. The molecule has 3 N–H and O–H groups in total. The molecule has 1 amide bonds. The summed E-state index contributed by atoms with van der Waals surface area (Å²) in [7, 11) is 1.90. The number of primary amides is 1. The minimum atomic E-state index is -0.368. The summed E-state index contributed by atoms with van der Waals surface area (Å²) in [6.07, 6.45) is 11.6. The van der Waals surface area contributed by atoms with E-state index in [-0.39, 0.29) is 17.2 Å². The average molecular weight is 438 g/mol. The topological polar surface area (TPSA) is 104 Å². The molecule has 9 heteroatoms. The van der Waals surface area contributed by atoms with Crippen molar-refractivity contribution in [2.45, 2.75) is 36.0 Å². The molecule has 2 unspecified atom stereocenters. The number of thioether (sulfide) groups is 1. The lowest BCUT2D eigenvalue weighted by Crippen LogP contribution is -2.33. The first-order valence-corrected chi connectivity index (χ1v) is 11.3. The van der Waals surface area contributed by atoms with Crippen molar-refractivity contribution in [3.63, 3.8) is 0 Å². The second-order valence-corrected chi connectivity index (χ2v) is 8.98. The van der Waals surface area contributed by atoms with Gasteiger partial charge in [0.1, 0.15) is 5.82 Å². The minimum absolute atomic E-state index is 0.215. The van der Waals surface area contributed by atoms with Crippen LogP contribution < -0.4 is 10.6 Å². The molecule has 1 saturated heterocycles. The second-order valence-electron chi connectivity index (χ2n) is 7.73. The number of benzene rings is 1. The summed E-state index contributed by atoms with van der Waals surface area (Å²) in [5.74, 6) is 0.651. The van der Waals surface area contributed by atoms with E-state index in [4.69, 9.17) is 5.73 Å². The van der Waals surface area contributed by atoms with Crippen LogP contribution in [0.2, 0.25) is 0 Å². The Bertz CT molecular complexity index is 1060. The SMILES string of the molecule is CC1C(Sc2ccc3[nH]ncc3c2)C=C(C(N)=O)N1C.c1cnc(N2CCCC2)cn1. The number of hydrogen-bond donors (Lipinski definition) is 2. The number of fused-ring (bicyclic) bond motifs is 1. The van der Waals surface area contributed by atoms with Gasteiger partial charge in [-0.05, 0) is 44.0 Å². The van der Waals surface area contributed by atoms with Crippen LogP contribution in [0.5, 0.6) is 0 Å². The molecule has 1 aromatic carbocycles. The highest BCUT2D eigenvalue weighted by atomic mass is 32.2. The van der Waals surface area contributed by atoms with Crippen LogP contribution in [0.3, 0.4) is 0 Å². The molecule has 31 heavy (non-hydrogen) atoms. The molecule has 2 aliphatic heterocycles. The number of nitrogens with zero attached hydrogens (tertiary/aromatic N) is 5. The van der Waals surface area contributed by atoms with Gasteiger partial charge in [-0.2, -0.15) is 5.10 Å². The standard InChI is InChI=1S/C14H16N4OS.C8H11N3/c1-8-13(6-12(14(15)19)18(8)2)20-10-3-4-11-9(5-10)7-16-17-11;1-2-6-11(5-1)8-7-9-3-4-10-8/h3-8,13H,1-2H3,(H2,15,19)(H,16,17);3-4,7H,1-2,5-6H2. The van der Waals surface area contributed by atoms with Crippen molar-refractivity contribution in [1.82, 2.24) is 25.1 Å². The first-order valence-electron chi connectivity index (χ1n) is 10.4. The summed E-state index contributed by atoms with van der Waals surface area (Å²) in [6, 6.07) is 6.43. The van der Waals surface area contributed by atoms with Crippen LogP contribution in [0.1, 0.15) is 19.8 Å². The number of nitrogens with one attached hydrogen (secondary N) is 1. The maximum absolute atomic E-state index is 11.4. The van der Waals surface area contributed by atoms with E-state index in [1.165, 1.54) is 12.8 Å². The summed E-state index contributed by atoms with van der Waals surface area (Å²) in [5, 5.41) is 8.26. The second kappa shape index (κ2) is 9.38. The number of nitrogens with two attached hydrogens (primary N) is 1. The summed E-state index contributed by atoms with van der Waals surface area (Å²) in [4.78, 5) is 25.0. The molecule has 5 rings (SSSR count). The summed E-state index contributed by atoms with van der Waals surface area (Å²) < 4.78 is 0. The zero-order valence-corrected chi connectivity index (χ0v) is 18.5. The van der Waals surface area contributed by atoms with Gasteiger partial charge in [0.2, 0.25) is 0 Å². The highest BCUT2D eigenvalue weighted by Crippen LogP contribution is 2.35. The first-order chi connectivity index (χ1) is 15.0. The molecule has 0 saturated carbocycles. The van der Waals surface area contributed by atoms with Crippen LogP contribution >= 0.6 is 11.8 Å². The normalized spacial score (nSPS) is 20.5. The van der Waals surface area contributed by atoms with Gasteiger partial charge in [-0.3, -0.25) is 14.9 Å². The van der Waals surface area contributed by atoms with Gasteiger partial charge in [-0.15, -0.1) is 11.8 Å². The molecular weight excluding hydrogens is 410 g/mol. The monoisotopic (exact) mass is 437 g/mol. The van der Waals surface area contributed by atoms with E-state index in [9.17, 15) is 4.79 Å². The Balaban J connectivity index is 0.000000177. The lowest BCUT2D eigenvalue weighted by molar-refractivity contribution is -0.115. The van der Waals surface area contributed by atoms with Gasteiger partial charge >= 0.3 is 0 Å². The van der Waals surface area contributed by atoms with E-state index < -0.39 is 0 Å². The number of likely N-dealkylation sites (N-methyl/N-ethyl adjacent to an activating group) is 1. The highest BCUT2D eigenvalue weighted by Gasteiger charge is 2.31. The molecule has 0 spiro atoms. The number of amides is 1. The van der Waals surface area contributed by atoms with Crippen molar-refractivity contribution in [2.24, 2.45) is 5.73 Å². The van der Waals surface area contributed by atoms with E-state index in [0.29, 0.717) is 5.70 Å². The summed E-state index contributed by atoms with van der Waals surface area (Å²) >= 11 is 1.73. The van der Waals surface area contributed by atoms with Gasteiger partial charge in [-0.1, -0.05) is 0 Å². The van der Waals surface area contributed by atoms with Crippen LogP contribution in [0.4, 0.5) is 5.82 Å². The Morgan fingerprint density at radius 1 is 1.23 bits per heavy atom. The van der Waals surface area contributed by atoms with Crippen molar-refractivity contribution in [3.05, 3.63) is 54.8 Å². The van der Waals surface area contributed by atoms with E-state index in [2.05, 4.69) is 44.1 Å². The molecule has 0 bridgehead atoms. The molecule has 4 heterocycles. The molecule has 2 atom stereocenters. The predicted molar refractivity (Wildman–Crippen MR) is 124 cm³/mol. The number of H-pyrrole nitrogens is 1. The van der Waals surface area contributed by atoms with Crippen LogP contribution in [0.15, 0.2) is 59.7 Å². The third-order valence-corrected chi connectivity index (χ3v) is 7.03. The smallest absolute Gasteiger partial charge is 0.264 e. The number of aromatic amines is 1. The largest absolute Gasteiger partial charge is 0.366 e. The molecule has 1 fully saturated rings. The van der Waals surface area contributed by atoms with E-state index >= 15 is 0 Å². The number of rotatable bonds is 4. The molecule has 0 aliphatic carbocycles. The maximum atomic E-state index is 11.4. The number of anilines is 1. The quantitative estimate of drug-likeness (QED) is 0.647. The third-order valence-electron chi connectivity index (χ3n) is 5.70. The van der Waals surface area contributed by atoms with E-state index in [1.807, 2.05) is 36.5 Å². The molecule has 162 valence electrons. The van der Waals surface area contributed by atoms with Crippen LogP contribution in [-0.2, 0) is 4.79 Å². The van der Waals surface area contributed by atoms with Gasteiger partial charge in [0.05, 0.1) is 23.6 Å². The van der Waals surface area contributed by atoms with Gasteiger partial charge < -0.3 is 15.5 Å². The summed E-state index contributed by atoms with van der Waals surface area (Å²) in [5.41, 5.74) is 7.02. The van der Waals surface area contributed by atoms with Crippen molar-refractivity contribution in [1.29, 1.82) is 0 Å². The zero-order valence-electron chi connectivity index (χ0n) is 17.7. The van der Waals surface area contributed by atoms with Crippen LogP contribution in [-0.4, -0.2) is 62.4 Å². The van der Waals surface area contributed by atoms with Crippen LogP contribution in [0, 0.1) is 0 Å². The first kappa shape index (κ1) is 21.2. The lowest BCUT2D eigenvalue weighted by atomic mass is 10.2. The van der Waals surface area contributed by atoms with Gasteiger partial charge in [-0.25, -0.2) is 4.98 Å². The lowest BCUT2D eigenvalue weighted by Gasteiger charge is -2.24. The van der Waals surface area contributed by atoms with Crippen LogP contribution in [0.25, 0.3) is 10.9 Å². The maximum Gasteiger partial charge on any atom is 0.264 e. The number of hydrogen-bond acceptors (Lipinski definition) is 7. The predicted octanol–water partition coefficient (Wildman–Crippen LogP) is 2.80. The Labute approximate surface area is 185 Å². The third kappa shape index (κ3) is 4.82. The van der Waals surface area contributed by atoms with Crippen molar-refractivity contribution in [2.75, 3.05) is 25.0 Å². The number of aromatic nitrogens is 4. The number of carbonyl (C=O) groups excluding carboxylic acids is 1. The number of carbonyl (C=O) groups is 1. The molecule has 2 aromatic heterocycles. The Morgan fingerprint density at radius 3 is 2.71 bits per heavy atom. The fourth-order valence-electron chi connectivity index (χ4n) is 3.79.